The van der Waals surface area contributed by atoms with Crippen LogP contribution in [0.4, 0.5) is 0 Å². The molecule has 0 saturated heterocycles. The molecule has 1 rings (SSSR count). The van der Waals surface area contributed by atoms with Gasteiger partial charge in [0.1, 0.15) is 6.04 Å². The molecular weight excluding hydrogens is 226 g/mol. The number of benzene rings is 1. The minimum absolute atomic E-state index is 0.322. The predicted molar refractivity (Wildman–Crippen MR) is 73.3 cm³/mol. The normalized spacial score (nSPS) is 14.0. The molecule has 3 heteroatoms. The van der Waals surface area contributed by atoms with Crippen molar-refractivity contribution in [2.45, 2.75) is 39.2 Å². The number of carbonyl (C=O) groups is 1. The van der Waals surface area contributed by atoms with E-state index >= 15 is 0 Å². The molecule has 1 aromatic rings. The molecule has 0 aliphatic rings. The summed E-state index contributed by atoms with van der Waals surface area (Å²) >= 11 is 0. The van der Waals surface area contributed by atoms with Crippen LogP contribution in [0.25, 0.3) is 0 Å². The summed E-state index contributed by atoms with van der Waals surface area (Å²) in [6.45, 7) is 4.22. The zero-order valence-corrected chi connectivity index (χ0v) is 11.5. The summed E-state index contributed by atoms with van der Waals surface area (Å²) in [7, 11) is 1.37. The number of esters is 1. The standard InChI is InChI=1S/C15H23NO2/c1-11-5-4-6-13(9-11)8-7-12(2)10-14(16)15(17)18-3/h4-6,9,12,14H,7-8,10,16H2,1-3H3. The van der Waals surface area contributed by atoms with Crippen molar-refractivity contribution in [1.82, 2.24) is 0 Å². The van der Waals surface area contributed by atoms with Crippen molar-refractivity contribution in [2.75, 3.05) is 7.11 Å². The van der Waals surface area contributed by atoms with Gasteiger partial charge in [0.25, 0.3) is 0 Å². The molecule has 0 aromatic heterocycles. The molecule has 0 amide bonds. The highest BCUT2D eigenvalue weighted by Crippen LogP contribution is 2.15. The van der Waals surface area contributed by atoms with Gasteiger partial charge in [-0.3, -0.25) is 4.79 Å². The monoisotopic (exact) mass is 249 g/mol. The van der Waals surface area contributed by atoms with Crippen LogP contribution in [-0.2, 0) is 16.0 Å². The van der Waals surface area contributed by atoms with Gasteiger partial charge in [-0.25, -0.2) is 0 Å². The van der Waals surface area contributed by atoms with Crippen LogP contribution in [0.2, 0.25) is 0 Å². The SMILES string of the molecule is COC(=O)C(N)CC(C)CCc1cccc(C)c1. The van der Waals surface area contributed by atoms with Crippen molar-refractivity contribution in [3.63, 3.8) is 0 Å². The summed E-state index contributed by atoms with van der Waals surface area (Å²) < 4.78 is 4.63. The average Bonchev–Trinajstić information content (AvgIpc) is 2.35. The van der Waals surface area contributed by atoms with Crippen LogP contribution in [0.3, 0.4) is 0 Å². The van der Waals surface area contributed by atoms with Crippen LogP contribution in [0.5, 0.6) is 0 Å². The fourth-order valence-electron chi connectivity index (χ4n) is 2.08. The first-order valence-electron chi connectivity index (χ1n) is 6.42. The Labute approximate surface area is 109 Å². The van der Waals surface area contributed by atoms with Gasteiger partial charge in [0.15, 0.2) is 0 Å². The predicted octanol–water partition coefficient (Wildman–Crippen LogP) is 2.45. The zero-order chi connectivity index (χ0) is 13.5. The van der Waals surface area contributed by atoms with Crippen LogP contribution in [-0.4, -0.2) is 19.1 Å². The first-order chi connectivity index (χ1) is 8.52. The van der Waals surface area contributed by atoms with Crippen LogP contribution in [0, 0.1) is 12.8 Å². The molecule has 0 aliphatic heterocycles. The summed E-state index contributed by atoms with van der Waals surface area (Å²) in [6.07, 6.45) is 2.74. The highest BCUT2D eigenvalue weighted by Gasteiger charge is 2.16. The van der Waals surface area contributed by atoms with Gasteiger partial charge >= 0.3 is 5.97 Å². The van der Waals surface area contributed by atoms with Gasteiger partial charge in [0.05, 0.1) is 7.11 Å². The molecule has 0 saturated carbocycles. The smallest absolute Gasteiger partial charge is 0.322 e. The lowest BCUT2D eigenvalue weighted by molar-refractivity contribution is -0.142. The second-order valence-electron chi connectivity index (χ2n) is 5.00. The molecule has 0 radical (unpaired) electrons. The average molecular weight is 249 g/mol. The molecule has 2 unspecified atom stereocenters. The molecule has 0 heterocycles. The highest BCUT2D eigenvalue weighted by atomic mass is 16.5. The number of rotatable bonds is 6. The lowest BCUT2D eigenvalue weighted by Crippen LogP contribution is -2.33. The Morgan fingerprint density at radius 3 is 2.78 bits per heavy atom. The summed E-state index contributed by atoms with van der Waals surface area (Å²) in [5.41, 5.74) is 8.37. The molecule has 1 aromatic carbocycles. The minimum Gasteiger partial charge on any atom is -0.468 e. The van der Waals surface area contributed by atoms with E-state index in [0.29, 0.717) is 12.3 Å². The van der Waals surface area contributed by atoms with Gasteiger partial charge < -0.3 is 10.5 Å². The Hall–Kier alpha value is -1.35. The summed E-state index contributed by atoms with van der Waals surface area (Å²) in [5, 5.41) is 0. The maximum Gasteiger partial charge on any atom is 0.322 e. The maximum atomic E-state index is 11.2. The molecule has 0 bridgehead atoms. The van der Waals surface area contributed by atoms with E-state index in [-0.39, 0.29) is 5.97 Å². The van der Waals surface area contributed by atoms with E-state index < -0.39 is 6.04 Å². The first kappa shape index (κ1) is 14.7. The largest absolute Gasteiger partial charge is 0.468 e. The van der Waals surface area contributed by atoms with Gasteiger partial charge in [0, 0.05) is 0 Å². The van der Waals surface area contributed by atoms with Crippen molar-refractivity contribution >= 4 is 5.97 Å². The van der Waals surface area contributed by atoms with Crippen LogP contribution >= 0.6 is 0 Å². The van der Waals surface area contributed by atoms with Crippen molar-refractivity contribution in [1.29, 1.82) is 0 Å². The fraction of sp³-hybridized carbons (Fsp3) is 0.533. The molecule has 3 nitrogen and oxygen atoms in total. The number of nitrogens with two attached hydrogens (primary N) is 1. The highest BCUT2D eigenvalue weighted by molar-refractivity contribution is 5.75. The van der Waals surface area contributed by atoms with Gasteiger partial charge in [-0.2, -0.15) is 0 Å². The molecule has 2 atom stereocenters. The number of hydrogen-bond acceptors (Lipinski definition) is 3. The van der Waals surface area contributed by atoms with E-state index in [2.05, 4.69) is 42.8 Å². The molecule has 18 heavy (non-hydrogen) atoms. The number of hydrogen-bond donors (Lipinski definition) is 1. The third-order valence-corrected chi connectivity index (χ3v) is 3.17. The van der Waals surface area contributed by atoms with E-state index in [0.717, 1.165) is 12.8 Å². The second kappa shape index (κ2) is 7.17. The number of aryl methyl sites for hydroxylation is 2. The van der Waals surface area contributed by atoms with Gasteiger partial charge in [-0.05, 0) is 37.7 Å². The molecule has 2 N–H and O–H groups in total. The van der Waals surface area contributed by atoms with Crippen LogP contribution < -0.4 is 5.73 Å². The second-order valence-corrected chi connectivity index (χ2v) is 5.00. The van der Waals surface area contributed by atoms with Crippen LogP contribution in [0.15, 0.2) is 24.3 Å². The minimum atomic E-state index is -0.498. The van der Waals surface area contributed by atoms with E-state index in [1.807, 2.05) is 0 Å². The Bertz CT molecular complexity index is 390. The summed E-state index contributed by atoms with van der Waals surface area (Å²) in [4.78, 5) is 11.2. The van der Waals surface area contributed by atoms with Crippen molar-refractivity contribution in [2.24, 2.45) is 11.7 Å². The maximum absolute atomic E-state index is 11.2. The first-order valence-corrected chi connectivity index (χ1v) is 6.42. The van der Waals surface area contributed by atoms with E-state index in [1.54, 1.807) is 0 Å². The Balaban J connectivity index is 2.37. The number of carbonyl (C=O) groups excluding carboxylic acids is 1. The van der Waals surface area contributed by atoms with Crippen LogP contribution in [0.1, 0.15) is 30.9 Å². The van der Waals surface area contributed by atoms with Crippen molar-refractivity contribution in [3.8, 4) is 0 Å². The molecule has 0 aliphatic carbocycles. The van der Waals surface area contributed by atoms with Crippen molar-refractivity contribution < 1.29 is 9.53 Å². The lowest BCUT2D eigenvalue weighted by atomic mass is 9.94. The Kier molecular flexibility index (Phi) is 5.86. The van der Waals surface area contributed by atoms with Gasteiger partial charge in [-0.15, -0.1) is 0 Å². The molecule has 0 spiro atoms. The quantitative estimate of drug-likeness (QED) is 0.788. The van der Waals surface area contributed by atoms with Gasteiger partial charge in [-0.1, -0.05) is 36.8 Å². The molecule has 100 valence electrons. The Morgan fingerprint density at radius 1 is 1.44 bits per heavy atom. The zero-order valence-electron chi connectivity index (χ0n) is 11.5. The third-order valence-electron chi connectivity index (χ3n) is 3.17. The van der Waals surface area contributed by atoms with E-state index in [4.69, 9.17) is 5.73 Å². The van der Waals surface area contributed by atoms with Crippen molar-refractivity contribution in [3.05, 3.63) is 35.4 Å². The van der Waals surface area contributed by atoms with E-state index in [9.17, 15) is 4.79 Å². The fourth-order valence-corrected chi connectivity index (χ4v) is 2.08. The molecular formula is C15H23NO2. The number of ether oxygens (including phenoxy) is 1. The third kappa shape index (κ3) is 4.88. The molecule has 0 fully saturated rings. The summed E-state index contributed by atoms with van der Waals surface area (Å²) in [5.74, 6) is 0.0945. The van der Waals surface area contributed by atoms with Gasteiger partial charge in [0.2, 0.25) is 0 Å². The van der Waals surface area contributed by atoms with E-state index in [1.165, 1.54) is 18.2 Å². The number of methoxy groups -OCH3 is 1. The summed E-state index contributed by atoms with van der Waals surface area (Å²) in [6, 6.07) is 8.02. The lowest BCUT2D eigenvalue weighted by Gasteiger charge is -2.15. The Morgan fingerprint density at radius 2 is 2.17 bits per heavy atom. The topological polar surface area (TPSA) is 52.3 Å².